The molecule has 31 heavy (non-hydrogen) atoms. The Kier molecular flexibility index (Phi) is 5.13. The van der Waals surface area contributed by atoms with Gasteiger partial charge < -0.3 is 9.47 Å². The van der Waals surface area contributed by atoms with E-state index in [1.165, 1.54) is 10.8 Å². The van der Waals surface area contributed by atoms with Gasteiger partial charge in [0.1, 0.15) is 5.75 Å². The Morgan fingerprint density at radius 2 is 2.06 bits per heavy atom. The Hall–Kier alpha value is -3.30. The zero-order valence-corrected chi connectivity index (χ0v) is 17.6. The predicted molar refractivity (Wildman–Crippen MR) is 114 cm³/mol. The summed E-state index contributed by atoms with van der Waals surface area (Å²) >= 11 is 0. The van der Waals surface area contributed by atoms with E-state index in [0.717, 1.165) is 48.6 Å². The fraction of sp³-hybridized carbons (Fsp3) is 0.364. The van der Waals surface area contributed by atoms with E-state index in [2.05, 4.69) is 28.0 Å². The molecule has 9 heteroatoms. The number of morpholine rings is 1. The Morgan fingerprint density at radius 1 is 1.23 bits per heavy atom. The normalized spacial score (nSPS) is 17.4. The molecule has 0 spiro atoms. The molecule has 1 aliphatic heterocycles. The number of ether oxygens (including phenoxy) is 2. The number of fused-ring (bicyclic) bond motifs is 3. The molecule has 1 fully saturated rings. The molecule has 1 unspecified atom stereocenters. The third-order valence-corrected chi connectivity index (χ3v) is 5.82. The molecule has 0 bridgehead atoms. The van der Waals surface area contributed by atoms with Crippen molar-refractivity contribution < 1.29 is 14.5 Å². The first kappa shape index (κ1) is 19.7. The molecule has 4 heterocycles. The lowest BCUT2D eigenvalue weighted by molar-refractivity contribution is -0.345. The molecular weight excluding hydrogens is 396 g/mol. The van der Waals surface area contributed by atoms with E-state index in [0.29, 0.717) is 23.9 Å². The Labute approximate surface area is 178 Å². The Bertz CT molecular complexity index is 1280. The lowest BCUT2D eigenvalue weighted by Crippen LogP contribution is -2.42. The highest BCUT2D eigenvalue weighted by Crippen LogP contribution is 2.19. The van der Waals surface area contributed by atoms with Gasteiger partial charge in [0.15, 0.2) is 5.65 Å². The van der Waals surface area contributed by atoms with Crippen LogP contribution in [-0.2, 0) is 17.8 Å². The van der Waals surface area contributed by atoms with Crippen molar-refractivity contribution >= 4 is 16.7 Å². The van der Waals surface area contributed by atoms with Crippen molar-refractivity contribution in [2.24, 2.45) is 0 Å². The van der Waals surface area contributed by atoms with Gasteiger partial charge in [-0.05, 0) is 40.8 Å². The smallest absolute Gasteiger partial charge is 0.425 e. The van der Waals surface area contributed by atoms with Gasteiger partial charge in [-0.25, -0.2) is 14.8 Å². The van der Waals surface area contributed by atoms with Crippen molar-refractivity contribution in [3.63, 3.8) is 0 Å². The maximum atomic E-state index is 13.1. The Balaban J connectivity index is 1.58. The number of nitrogens with zero attached hydrogens (tertiary/aromatic N) is 5. The highest BCUT2D eigenvalue weighted by Gasteiger charge is 2.22. The predicted octanol–water partition coefficient (Wildman–Crippen LogP) is 1.14. The maximum absolute atomic E-state index is 13.1. The second kappa shape index (κ2) is 8.09. The number of hydrogen-bond donors (Lipinski definition) is 0. The average Bonchev–Trinajstić information content (AvgIpc) is 3.29. The highest BCUT2D eigenvalue weighted by molar-refractivity contribution is 5.87. The van der Waals surface area contributed by atoms with Crippen LogP contribution in [0.15, 0.2) is 47.7 Å². The lowest BCUT2D eigenvalue weighted by Gasteiger charge is -2.33. The van der Waals surface area contributed by atoms with Gasteiger partial charge in [0.2, 0.25) is 0 Å². The molecule has 1 aromatic carbocycles. The molecular formula is C22H25N6O3+. The van der Waals surface area contributed by atoms with Gasteiger partial charge in [0.05, 0.1) is 32.3 Å². The first-order valence-corrected chi connectivity index (χ1v) is 10.4. The van der Waals surface area contributed by atoms with Crippen molar-refractivity contribution in [1.82, 2.24) is 24.1 Å². The summed E-state index contributed by atoms with van der Waals surface area (Å²) in [5.41, 5.74) is 3.11. The Morgan fingerprint density at radius 3 is 2.84 bits per heavy atom. The molecule has 0 saturated carbocycles. The zero-order chi connectivity index (χ0) is 21.4. The second-order valence-corrected chi connectivity index (χ2v) is 7.88. The van der Waals surface area contributed by atoms with Crippen molar-refractivity contribution in [3.05, 3.63) is 64.5 Å². The van der Waals surface area contributed by atoms with Gasteiger partial charge in [0, 0.05) is 30.4 Å². The number of rotatable bonds is 5. The minimum Gasteiger partial charge on any atom is -0.497 e. The van der Waals surface area contributed by atoms with Gasteiger partial charge in [0.25, 0.3) is 12.0 Å². The van der Waals surface area contributed by atoms with E-state index in [9.17, 15) is 4.79 Å². The number of benzene rings is 1. The number of aromatic amines is 1. The number of methoxy groups -OCH3 is 1. The van der Waals surface area contributed by atoms with Crippen LogP contribution in [0.4, 0.5) is 0 Å². The molecule has 0 amide bonds. The number of nitrogens with one attached hydrogen (secondary N) is 1. The summed E-state index contributed by atoms with van der Waals surface area (Å²) in [7, 11) is 1.63. The molecule has 1 saturated heterocycles. The van der Waals surface area contributed by atoms with Gasteiger partial charge in [-0.2, -0.15) is 0 Å². The zero-order valence-electron chi connectivity index (χ0n) is 17.6. The third-order valence-electron chi connectivity index (χ3n) is 5.82. The van der Waals surface area contributed by atoms with Crippen LogP contribution in [0.2, 0.25) is 0 Å². The molecule has 4 aromatic rings. The summed E-state index contributed by atoms with van der Waals surface area (Å²) in [6, 6.07) is 10.1. The van der Waals surface area contributed by atoms with Crippen LogP contribution in [0.25, 0.3) is 16.7 Å². The minimum atomic E-state index is -0.235. The molecule has 3 aromatic heterocycles. The van der Waals surface area contributed by atoms with Crippen molar-refractivity contribution in [2.75, 3.05) is 26.9 Å². The number of aromatic nitrogens is 5. The highest BCUT2D eigenvalue weighted by atomic mass is 16.5. The molecule has 1 aliphatic rings. The largest absolute Gasteiger partial charge is 0.497 e. The van der Waals surface area contributed by atoms with Crippen LogP contribution >= 0.6 is 0 Å². The van der Waals surface area contributed by atoms with E-state index in [4.69, 9.17) is 14.5 Å². The monoisotopic (exact) mass is 421 g/mol. The summed E-state index contributed by atoms with van der Waals surface area (Å²) in [5.74, 6) is 0.776. The standard InChI is InChI=1S/C22H24N6O3/c1-15-13-31-8-7-26(15)11-17-9-19-20(23-10-17)27(22(29)28-21(19)24-14-25-28)12-16-3-5-18(30-2)6-4-16/h3-6,9-10,14-15H,7-8,11-13H2,1-2H3/p+1. The topological polar surface area (TPSA) is 88.0 Å². The summed E-state index contributed by atoms with van der Waals surface area (Å²) < 4.78 is 13.8. The molecule has 1 atom stereocenters. The van der Waals surface area contributed by atoms with Gasteiger partial charge in [-0.1, -0.05) is 12.1 Å². The molecule has 0 aliphatic carbocycles. The third kappa shape index (κ3) is 3.66. The van der Waals surface area contributed by atoms with Crippen molar-refractivity contribution in [2.45, 2.75) is 26.1 Å². The summed E-state index contributed by atoms with van der Waals surface area (Å²) in [6.07, 6.45) is 3.39. The molecule has 9 nitrogen and oxygen atoms in total. The second-order valence-electron chi connectivity index (χ2n) is 7.88. The first-order chi connectivity index (χ1) is 15.1. The fourth-order valence-corrected chi connectivity index (χ4v) is 4.07. The summed E-state index contributed by atoms with van der Waals surface area (Å²) in [4.78, 5) is 23.3. The fourth-order valence-electron chi connectivity index (χ4n) is 4.07. The van der Waals surface area contributed by atoms with Gasteiger partial charge in [-0.15, -0.1) is 0 Å². The summed E-state index contributed by atoms with van der Waals surface area (Å²) in [5, 5.41) is 5.07. The van der Waals surface area contributed by atoms with Crippen LogP contribution in [0.5, 0.6) is 5.75 Å². The molecule has 0 radical (unpaired) electrons. The lowest BCUT2D eigenvalue weighted by atomic mass is 10.1. The number of H-pyrrole nitrogens is 1. The van der Waals surface area contributed by atoms with E-state index in [1.54, 1.807) is 11.7 Å². The minimum absolute atomic E-state index is 0.235. The summed E-state index contributed by atoms with van der Waals surface area (Å²) in [6.45, 7) is 5.72. The van der Waals surface area contributed by atoms with E-state index < -0.39 is 0 Å². The van der Waals surface area contributed by atoms with Gasteiger partial charge >= 0.3 is 5.69 Å². The van der Waals surface area contributed by atoms with Crippen LogP contribution in [0.1, 0.15) is 18.1 Å². The number of pyridine rings is 1. The quantitative estimate of drug-likeness (QED) is 0.480. The SMILES string of the molecule is COc1ccc(Cn2c(=O)n3nc[nH+]c3c3cc(CN4CCOCC4C)cnc32)cc1. The van der Waals surface area contributed by atoms with E-state index in [1.807, 2.05) is 30.5 Å². The molecule has 160 valence electrons. The van der Waals surface area contributed by atoms with Crippen LogP contribution in [-0.4, -0.2) is 57.0 Å². The van der Waals surface area contributed by atoms with Crippen LogP contribution in [0, 0.1) is 0 Å². The molecule has 1 N–H and O–H groups in total. The van der Waals surface area contributed by atoms with Crippen molar-refractivity contribution in [3.8, 4) is 5.75 Å². The van der Waals surface area contributed by atoms with Crippen molar-refractivity contribution in [1.29, 1.82) is 0 Å². The first-order valence-electron chi connectivity index (χ1n) is 10.4. The van der Waals surface area contributed by atoms with E-state index in [-0.39, 0.29) is 5.69 Å². The van der Waals surface area contributed by atoms with E-state index >= 15 is 0 Å². The van der Waals surface area contributed by atoms with Gasteiger partial charge in [-0.3, -0.25) is 9.47 Å². The number of hydrogen-bond acceptors (Lipinski definition) is 6. The molecule has 5 rings (SSSR count). The average molecular weight is 421 g/mol. The maximum Gasteiger partial charge on any atom is 0.425 e. The van der Waals surface area contributed by atoms with Crippen LogP contribution < -0.4 is 15.4 Å². The van der Waals surface area contributed by atoms with Crippen LogP contribution in [0.3, 0.4) is 0 Å².